The van der Waals surface area contributed by atoms with Crippen molar-refractivity contribution in [3.05, 3.63) is 0 Å². The standard InChI is InChI=1S/H4NO3P.H3O3PS.H3O2PS2/c1-5(2,3)4;1-4(2,3)5;1-3(2,4)5/h(H4,1,2,3,4);(H3,1,2,3,5);(H3,1,2,4,5)/p-8. The first-order valence-corrected chi connectivity index (χ1v) is 10.1. The van der Waals surface area contributed by atoms with Gasteiger partial charge in [-0.3, -0.25) is 0 Å². The number of hydrogen-bond donors (Lipinski definition) is 1. The highest BCUT2D eigenvalue weighted by molar-refractivity contribution is 8.49. The molecular weight excluding hydrogens is 331 g/mol. The summed E-state index contributed by atoms with van der Waals surface area (Å²) < 4.78 is 17.8. The molecule has 0 aliphatic rings. The van der Waals surface area contributed by atoms with E-state index in [2.05, 4.69) is 41.8 Å². The quantitative estimate of drug-likeness (QED) is 0.326. The zero-order valence-corrected chi connectivity index (χ0v) is 11.5. The second-order valence-electron chi connectivity index (χ2n) is 1.43. The molecule has 0 amide bonds. The molecule has 15 heteroatoms. The van der Waals surface area contributed by atoms with Crippen molar-refractivity contribution in [3.63, 3.8) is 0 Å². The van der Waals surface area contributed by atoms with E-state index >= 15 is 0 Å². The van der Waals surface area contributed by atoms with Crippen LogP contribution in [0.25, 0.3) is 0 Å². The second-order valence-corrected chi connectivity index (χ2v) is 9.22. The highest BCUT2D eigenvalue weighted by Crippen LogP contribution is 2.16. The predicted molar refractivity (Wildman–Crippen MR) is 48.4 cm³/mol. The third kappa shape index (κ3) is 1210. The first kappa shape index (κ1) is 21.8. The monoisotopic (exact) mass is 333 g/mol. The van der Waals surface area contributed by atoms with Crippen LogP contribution >= 0.6 is 20.2 Å². The maximum Gasteiger partial charge on any atom is -0.00536 e. The van der Waals surface area contributed by atoms with Gasteiger partial charge in [0.25, 0.3) is 0 Å². The molecule has 0 aromatic rings. The largest absolute Gasteiger partial charge is 0.850 e. The van der Waals surface area contributed by atoms with Gasteiger partial charge in [0, 0.05) is 0 Å². The minimum Gasteiger partial charge on any atom is -0.850 e. The van der Waals surface area contributed by atoms with Crippen molar-refractivity contribution in [1.29, 1.82) is 0 Å². The lowest BCUT2D eigenvalue weighted by Gasteiger charge is -2.44. The molecule has 0 fully saturated rings. The fourth-order valence-corrected chi connectivity index (χ4v) is 0. The highest BCUT2D eigenvalue weighted by Gasteiger charge is 1.61. The molecule has 0 unspecified atom stereocenters. The predicted octanol–water partition coefficient (Wildman–Crippen LogP) is -5.39. The van der Waals surface area contributed by atoms with Crippen molar-refractivity contribution in [2.24, 2.45) is 5.50 Å². The van der Waals surface area contributed by atoms with Crippen LogP contribution in [0.1, 0.15) is 0 Å². The zero-order chi connectivity index (χ0) is 13.5. The first-order chi connectivity index (χ1) is 6.00. The summed E-state index contributed by atoms with van der Waals surface area (Å²) >= 11 is 10.6. The first-order valence-electron chi connectivity index (χ1n) is 2.27. The van der Waals surface area contributed by atoms with Crippen molar-refractivity contribution in [3.8, 4) is 0 Å². The van der Waals surface area contributed by atoms with E-state index in [1.807, 2.05) is 0 Å². The lowest BCUT2D eigenvalue weighted by atomic mass is 13.9. The number of rotatable bonds is 0. The molecule has 0 saturated carbocycles. The Hall–Kier alpha value is 1.53. The summed E-state index contributed by atoms with van der Waals surface area (Å²) in [5.41, 5.74) is 0.0764. The zero-order valence-electron chi connectivity index (χ0n) is 6.41. The Kier molecular flexibility index (Phi) is 12.5. The Bertz CT molecular complexity index is 211. The normalized spacial score (nSPS) is 11.8. The van der Waals surface area contributed by atoms with Gasteiger partial charge in [-0.2, -0.15) is 11.8 Å². The minimum absolute atomic E-state index is 3.27. The molecule has 0 aliphatic carbocycles. The molecule has 0 spiro atoms. The van der Waals surface area contributed by atoms with E-state index in [4.69, 9.17) is 28.7 Å². The molecule has 0 rings (SSSR count). The summed E-state index contributed by atoms with van der Waals surface area (Å²) in [6.45, 7) is -4.56. The molecule has 0 saturated heterocycles. The van der Waals surface area contributed by atoms with Crippen LogP contribution in [0.3, 0.4) is 0 Å². The molecule has 0 aliphatic heterocycles. The molecule has 96 valence electrons. The van der Waals surface area contributed by atoms with E-state index in [1.165, 1.54) is 0 Å². The van der Waals surface area contributed by atoms with E-state index in [0.29, 0.717) is 0 Å². The Balaban J connectivity index is -0.000000144. The number of hydrogen-bond acceptors (Lipinski definition) is 11. The Labute approximate surface area is 101 Å². The molecule has 0 radical (unpaired) electrons. The van der Waals surface area contributed by atoms with Gasteiger partial charge in [0.1, 0.15) is 0 Å². The summed E-state index contributed by atoms with van der Waals surface area (Å²) in [5, 5.41) is 0. The van der Waals surface area contributed by atoms with Crippen LogP contribution in [0, 0.1) is 0 Å². The smallest absolute Gasteiger partial charge is 0.00536 e. The van der Waals surface area contributed by atoms with Gasteiger partial charge in [-0.25, -0.2) is 6.80 Å². The maximum atomic E-state index is 9.29. The minimum atomic E-state index is -4.64. The molecule has 15 heavy (non-hydrogen) atoms. The molecule has 9 nitrogen and oxygen atoms in total. The van der Waals surface area contributed by atoms with Crippen molar-refractivity contribution in [1.82, 2.24) is 0 Å². The van der Waals surface area contributed by atoms with E-state index in [1.54, 1.807) is 0 Å². The lowest BCUT2D eigenvalue weighted by molar-refractivity contribution is -0.314. The molecule has 0 heterocycles. The molecule has 0 atom stereocenters. The van der Waals surface area contributed by atoms with Crippen LogP contribution < -0.4 is 34.9 Å². The van der Waals surface area contributed by atoms with Crippen molar-refractivity contribution in [2.45, 2.75) is 0 Å². The molecule has 2 N–H and O–H groups in total. The SMILES string of the molecule is NP(=O)([O-])[O-].O=P([O-])([O-])[S-].[O-]P([O-])(=S)[S-]. The average molecular weight is 333 g/mol. The van der Waals surface area contributed by atoms with Gasteiger partial charge < -0.3 is 74.2 Å². The average Bonchev–Trinajstić information content (AvgIpc) is 1.41. The number of nitrogens with two attached hydrogens (primary N) is 1. The Morgan fingerprint density at radius 3 is 0.933 bits per heavy atom. The van der Waals surface area contributed by atoms with E-state index < -0.39 is 20.2 Å². The van der Waals surface area contributed by atoms with E-state index in [0.717, 1.165) is 0 Å². The van der Waals surface area contributed by atoms with Gasteiger partial charge in [-0.05, 0) is 7.75 Å². The van der Waals surface area contributed by atoms with Crippen LogP contribution in [0.4, 0.5) is 0 Å². The van der Waals surface area contributed by atoms with E-state index in [-0.39, 0.29) is 0 Å². The van der Waals surface area contributed by atoms with Crippen LogP contribution in [0.2, 0.25) is 0 Å². The van der Waals surface area contributed by atoms with Crippen molar-refractivity contribution < 1.29 is 38.5 Å². The molecule has 0 aromatic carbocycles. The maximum absolute atomic E-state index is 9.29. The van der Waals surface area contributed by atoms with Gasteiger partial charge in [-0.15, -0.1) is 0 Å². The summed E-state index contributed by atoms with van der Waals surface area (Å²) in [6.07, 6.45) is 0. The fourth-order valence-electron chi connectivity index (χ4n) is 0. The van der Waals surface area contributed by atoms with Crippen molar-refractivity contribution >= 4 is 56.5 Å². The van der Waals surface area contributed by atoms with Crippen LogP contribution in [-0.4, -0.2) is 0 Å². The van der Waals surface area contributed by atoms with Gasteiger partial charge in [0.05, 0.1) is 0 Å². The summed E-state index contributed by atoms with van der Waals surface area (Å²) in [5.74, 6) is 0. The highest BCUT2D eigenvalue weighted by atomic mass is 32.9. The summed E-state index contributed by atoms with van der Waals surface area (Å²) in [6, 6.07) is 0. The fraction of sp³-hybridized carbons (Fsp3) is 0. The second kappa shape index (κ2) is 8.60. The van der Waals surface area contributed by atoms with Crippen LogP contribution in [0.15, 0.2) is 0 Å². The van der Waals surface area contributed by atoms with Crippen molar-refractivity contribution in [2.75, 3.05) is 0 Å². The Morgan fingerprint density at radius 1 is 0.933 bits per heavy atom. The third-order valence-electron chi connectivity index (χ3n) is 0. The van der Waals surface area contributed by atoms with Gasteiger partial charge in [0.2, 0.25) is 0 Å². The van der Waals surface area contributed by atoms with Gasteiger partial charge in [-0.1, -0.05) is 0 Å². The van der Waals surface area contributed by atoms with Gasteiger partial charge in [0.15, 0.2) is 0 Å². The van der Waals surface area contributed by atoms with Crippen LogP contribution in [-0.2, 0) is 45.4 Å². The summed E-state index contributed by atoms with van der Waals surface area (Å²) in [4.78, 5) is 54.2. The molecular formula is H2NO8P3S3-8. The third-order valence-corrected chi connectivity index (χ3v) is 0. The van der Waals surface area contributed by atoms with Crippen LogP contribution in [0.5, 0.6) is 0 Å². The lowest BCUT2D eigenvalue weighted by Crippen LogP contribution is -2.20. The van der Waals surface area contributed by atoms with Gasteiger partial charge >= 0.3 is 0 Å². The summed E-state index contributed by atoms with van der Waals surface area (Å²) in [7, 11) is -4.64. The van der Waals surface area contributed by atoms with E-state index in [9.17, 15) is 9.79 Å². The topological polar surface area (TPSA) is 199 Å². The Morgan fingerprint density at radius 2 is 0.933 bits per heavy atom. The molecule has 0 bridgehead atoms. The molecule has 0 aromatic heterocycles.